The van der Waals surface area contributed by atoms with E-state index < -0.39 is 0 Å². The van der Waals surface area contributed by atoms with E-state index >= 15 is 0 Å². The first-order valence-corrected chi connectivity index (χ1v) is 8.00. The van der Waals surface area contributed by atoms with Crippen LogP contribution in [0.15, 0.2) is 24.3 Å². The molecule has 2 aromatic rings. The van der Waals surface area contributed by atoms with Crippen molar-refractivity contribution < 1.29 is 4.39 Å². The van der Waals surface area contributed by atoms with Crippen molar-refractivity contribution in [1.29, 1.82) is 0 Å². The summed E-state index contributed by atoms with van der Waals surface area (Å²) in [5, 5.41) is 4.69. The third-order valence-corrected chi connectivity index (χ3v) is 4.98. The van der Waals surface area contributed by atoms with Gasteiger partial charge in [-0.15, -0.1) is 11.3 Å². The summed E-state index contributed by atoms with van der Waals surface area (Å²) in [6.45, 7) is 3.25. The fourth-order valence-corrected chi connectivity index (χ4v) is 3.65. The number of nitrogens with one attached hydrogen (secondary N) is 1. The van der Waals surface area contributed by atoms with E-state index in [0.717, 1.165) is 24.3 Å². The van der Waals surface area contributed by atoms with Crippen LogP contribution in [0.4, 0.5) is 4.39 Å². The van der Waals surface area contributed by atoms with E-state index in [1.807, 2.05) is 6.07 Å². The predicted octanol–water partition coefficient (Wildman–Crippen LogP) is 4.88. The zero-order chi connectivity index (χ0) is 13.2. The molecule has 1 aromatic heterocycles. The molecule has 0 radical (unpaired) electrons. The number of thiophene rings is 1. The minimum Gasteiger partial charge on any atom is -0.309 e. The Labute approximate surface area is 117 Å². The fourth-order valence-electron chi connectivity index (χ4n) is 2.51. The van der Waals surface area contributed by atoms with Crippen LogP contribution < -0.4 is 5.32 Å². The molecule has 1 aliphatic carbocycles. The molecule has 1 aromatic carbocycles. The largest absolute Gasteiger partial charge is 0.309 e. The molecule has 1 unspecified atom stereocenters. The first kappa shape index (κ1) is 13.1. The van der Waals surface area contributed by atoms with Gasteiger partial charge in [0.15, 0.2) is 0 Å². The summed E-state index contributed by atoms with van der Waals surface area (Å²) < 4.78 is 14.4. The van der Waals surface area contributed by atoms with Gasteiger partial charge in [0.05, 0.1) is 0 Å². The van der Waals surface area contributed by atoms with Crippen LogP contribution in [0.5, 0.6) is 0 Å². The van der Waals surface area contributed by atoms with Gasteiger partial charge in [0.1, 0.15) is 5.82 Å². The van der Waals surface area contributed by atoms with Crippen molar-refractivity contribution >= 4 is 21.4 Å². The Kier molecular flexibility index (Phi) is 3.85. The quantitative estimate of drug-likeness (QED) is 0.793. The number of benzene rings is 1. The van der Waals surface area contributed by atoms with E-state index in [-0.39, 0.29) is 5.82 Å². The Balaban J connectivity index is 1.84. The summed E-state index contributed by atoms with van der Waals surface area (Å²) in [5.41, 5.74) is 0. The van der Waals surface area contributed by atoms with Crippen LogP contribution in [0.1, 0.15) is 43.5 Å². The maximum Gasteiger partial charge on any atom is 0.123 e. The second-order valence-corrected chi connectivity index (χ2v) is 6.63. The molecule has 0 spiro atoms. The van der Waals surface area contributed by atoms with Crippen molar-refractivity contribution in [3.8, 4) is 0 Å². The maximum absolute atomic E-state index is 13.3. The average Bonchev–Trinajstić information content (AvgIpc) is 3.12. The molecule has 102 valence electrons. The first-order chi connectivity index (χ1) is 9.26. The van der Waals surface area contributed by atoms with Gasteiger partial charge in [-0.05, 0) is 55.0 Å². The third-order valence-electron chi connectivity index (χ3n) is 3.75. The zero-order valence-electron chi connectivity index (χ0n) is 11.3. The highest BCUT2D eigenvalue weighted by Gasteiger charge is 2.26. The molecular weight excluding hydrogens is 257 g/mol. The topological polar surface area (TPSA) is 12.0 Å². The molecule has 1 heterocycles. The summed E-state index contributed by atoms with van der Waals surface area (Å²) >= 11 is 1.81. The van der Waals surface area contributed by atoms with E-state index in [4.69, 9.17) is 0 Å². The van der Waals surface area contributed by atoms with Crippen molar-refractivity contribution in [3.05, 3.63) is 35.0 Å². The molecule has 19 heavy (non-hydrogen) atoms. The predicted molar refractivity (Wildman–Crippen MR) is 80.2 cm³/mol. The molecule has 0 amide bonds. The van der Waals surface area contributed by atoms with E-state index in [9.17, 15) is 4.39 Å². The second-order valence-electron chi connectivity index (χ2n) is 5.52. The summed E-state index contributed by atoms with van der Waals surface area (Å²) in [6, 6.07) is 7.71. The summed E-state index contributed by atoms with van der Waals surface area (Å²) in [6.07, 6.45) is 5.14. The smallest absolute Gasteiger partial charge is 0.123 e. The Hall–Kier alpha value is -0.930. The van der Waals surface area contributed by atoms with Crippen molar-refractivity contribution in [2.45, 2.75) is 38.6 Å². The number of hydrogen-bond donors (Lipinski definition) is 1. The second kappa shape index (κ2) is 5.59. The molecule has 1 atom stereocenters. The lowest BCUT2D eigenvalue weighted by molar-refractivity contribution is 0.480. The van der Waals surface area contributed by atoms with Gasteiger partial charge in [-0.1, -0.05) is 19.8 Å². The number of fused-ring (bicyclic) bond motifs is 1. The van der Waals surface area contributed by atoms with Gasteiger partial charge in [-0.25, -0.2) is 4.39 Å². The zero-order valence-corrected chi connectivity index (χ0v) is 12.1. The molecule has 3 rings (SSSR count). The third kappa shape index (κ3) is 3.15. The molecule has 1 saturated carbocycles. The molecule has 0 bridgehead atoms. The van der Waals surface area contributed by atoms with Crippen molar-refractivity contribution in [2.24, 2.45) is 5.92 Å². The molecule has 1 nitrogen and oxygen atoms in total. The standard InChI is InChI=1S/C16H20FNS/c1-2-7-18-14(8-11-3-4-11)16-10-12-9-13(17)5-6-15(12)19-16/h5-6,9-11,14,18H,2-4,7-8H2,1H3. The Bertz CT molecular complexity index is 559. The van der Waals surface area contributed by atoms with E-state index in [2.05, 4.69) is 18.3 Å². The molecule has 1 aliphatic rings. The lowest BCUT2D eigenvalue weighted by Gasteiger charge is -2.16. The van der Waals surface area contributed by atoms with E-state index in [1.165, 1.54) is 28.8 Å². The van der Waals surface area contributed by atoms with Crippen molar-refractivity contribution in [1.82, 2.24) is 5.32 Å². The highest BCUT2D eigenvalue weighted by molar-refractivity contribution is 7.19. The molecule has 1 fully saturated rings. The SMILES string of the molecule is CCCNC(CC1CC1)c1cc2cc(F)ccc2s1. The van der Waals surface area contributed by atoms with Crippen molar-refractivity contribution in [2.75, 3.05) is 6.54 Å². The highest BCUT2D eigenvalue weighted by Crippen LogP contribution is 2.40. The molecule has 0 aliphatic heterocycles. The van der Waals surface area contributed by atoms with Crippen LogP contribution in [-0.2, 0) is 0 Å². The molecular formula is C16H20FNS. The van der Waals surface area contributed by atoms with Gasteiger partial charge in [0, 0.05) is 15.6 Å². The first-order valence-electron chi connectivity index (χ1n) is 7.18. The van der Waals surface area contributed by atoms with Crippen LogP contribution in [-0.4, -0.2) is 6.54 Å². The molecule has 3 heteroatoms. The van der Waals surface area contributed by atoms with E-state index in [0.29, 0.717) is 6.04 Å². The lowest BCUT2D eigenvalue weighted by Crippen LogP contribution is -2.21. The van der Waals surface area contributed by atoms with E-state index in [1.54, 1.807) is 23.5 Å². The van der Waals surface area contributed by atoms with Gasteiger partial charge in [0.25, 0.3) is 0 Å². The average molecular weight is 277 g/mol. The minimum absolute atomic E-state index is 0.142. The van der Waals surface area contributed by atoms with Gasteiger partial charge >= 0.3 is 0 Å². The normalized spacial score (nSPS) is 16.9. The molecule has 0 saturated heterocycles. The maximum atomic E-state index is 13.3. The van der Waals surface area contributed by atoms with Crippen LogP contribution in [0.3, 0.4) is 0 Å². The van der Waals surface area contributed by atoms with Crippen LogP contribution in [0.2, 0.25) is 0 Å². The Morgan fingerprint density at radius 2 is 2.21 bits per heavy atom. The number of rotatable bonds is 6. The van der Waals surface area contributed by atoms with Gasteiger partial charge < -0.3 is 5.32 Å². The van der Waals surface area contributed by atoms with Crippen LogP contribution in [0, 0.1) is 11.7 Å². The fraction of sp³-hybridized carbons (Fsp3) is 0.500. The highest BCUT2D eigenvalue weighted by atomic mass is 32.1. The van der Waals surface area contributed by atoms with Crippen LogP contribution in [0.25, 0.3) is 10.1 Å². The molecule has 1 N–H and O–H groups in total. The number of hydrogen-bond acceptors (Lipinski definition) is 2. The summed E-state index contributed by atoms with van der Waals surface area (Å²) in [7, 11) is 0. The van der Waals surface area contributed by atoms with Gasteiger partial charge in [-0.3, -0.25) is 0 Å². The minimum atomic E-state index is -0.142. The summed E-state index contributed by atoms with van der Waals surface area (Å²) in [5.74, 6) is 0.758. The Morgan fingerprint density at radius 1 is 1.37 bits per heavy atom. The lowest BCUT2D eigenvalue weighted by atomic mass is 10.1. The van der Waals surface area contributed by atoms with Gasteiger partial charge in [-0.2, -0.15) is 0 Å². The van der Waals surface area contributed by atoms with Crippen LogP contribution >= 0.6 is 11.3 Å². The number of halogens is 1. The monoisotopic (exact) mass is 277 g/mol. The van der Waals surface area contributed by atoms with Crippen molar-refractivity contribution in [3.63, 3.8) is 0 Å². The summed E-state index contributed by atoms with van der Waals surface area (Å²) in [4.78, 5) is 1.36. The Morgan fingerprint density at radius 3 is 2.95 bits per heavy atom. The van der Waals surface area contributed by atoms with Gasteiger partial charge in [0.2, 0.25) is 0 Å².